The van der Waals surface area contributed by atoms with Gasteiger partial charge in [0.1, 0.15) is 5.92 Å². The molecule has 1 aliphatic rings. The van der Waals surface area contributed by atoms with Gasteiger partial charge in [0.05, 0.1) is 0 Å². The van der Waals surface area contributed by atoms with Gasteiger partial charge in [-0.25, -0.2) is 0 Å². The Labute approximate surface area is 133 Å². The van der Waals surface area contributed by atoms with Gasteiger partial charge in [-0.15, -0.1) is 0 Å². The molecule has 0 spiro atoms. The third kappa shape index (κ3) is 4.15. The van der Waals surface area contributed by atoms with Crippen LogP contribution >= 0.6 is 0 Å². The summed E-state index contributed by atoms with van der Waals surface area (Å²) in [6, 6.07) is 6.76. The number of aliphatic carboxylic acids is 1. The van der Waals surface area contributed by atoms with Gasteiger partial charge in [-0.05, 0) is 30.9 Å². The number of carbonyl (C=O) groups is 4. The molecule has 2 N–H and O–H groups in total. The number of amides is 2. The van der Waals surface area contributed by atoms with Crippen LogP contribution in [0, 0.1) is 0 Å². The molecule has 0 aliphatic carbocycles. The number of carboxylic acid groups (broad SMARTS) is 1. The minimum Gasteiger partial charge on any atom is -0.550 e. The molecule has 0 saturated heterocycles. The van der Waals surface area contributed by atoms with E-state index in [0.717, 1.165) is 0 Å². The van der Waals surface area contributed by atoms with E-state index in [2.05, 4.69) is 10.6 Å². The lowest BCUT2D eigenvalue weighted by Gasteiger charge is -2.08. The van der Waals surface area contributed by atoms with E-state index in [4.69, 9.17) is 0 Å². The molecule has 1 atom stereocenters. The van der Waals surface area contributed by atoms with Crippen LogP contribution in [-0.4, -0.2) is 30.1 Å². The second-order valence-corrected chi connectivity index (χ2v) is 5.31. The first-order valence-corrected chi connectivity index (χ1v) is 7.42. The Kier molecular flexibility index (Phi) is 5.46. The van der Waals surface area contributed by atoms with Gasteiger partial charge in [-0.2, -0.15) is 0 Å². The molecule has 122 valence electrons. The molecule has 0 fully saturated rings. The number of benzene rings is 1. The number of ketones is 1. The summed E-state index contributed by atoms with van der Waals surface area (Å²) >= 11 is 0. The number of unbranched alkanes of at least 4 members (excludes halogenated alkanes) is 2. The third-order valence-corrected chi connectivity index (χ3v) is 3.62. The van der Waals surface area contributed by atoms with E-state index in [-0.39, 0.29) is 13.0 Å². The Morgan fingerprint density at radius 3 is 2.61 bits per heavy atom. The maximum atomic E-state index is 12.2. The Morgan fingerprint density at radius 1 is 1.13 bits per heavy atom. The normalized spacial score (nSPS) is 15.7. The van der Waals surface area contributed by atoms with Crippen LogP contribution in [0.2, 0.25) is 0 Å². The van der Waals surface area contributed by atoms with Crippen molar-refractivity contribution in [2.75, 3.05) is 11.9 Å². The summed E-state index contributed by atoms with van der Waals surface area (Å²) in [4.78, 5) is 46.2. The van der Waals surface area contributed by atoms with E-state index >= 15 is 0 Å². The molecule has 7 heteroatoms. The quantitative estimate of drug-likeness (QED) is 0.388. The lowest BCUT2D eigenvalue weighted by atomic mass is 9.95. The average molecular weight is 317 g/mol. The van der Waals surface area contributed by atoms with Crippen LogP contribution in [0.3, 0.4) is 0 Å². The van der Waals surface area contributed by atoms with Gasteiger partial charge in [0.15, 0.2) is 0 Å². The van der Waals surface area contributed by atoms with Crippen LogP contribution in [0.25, 0.3) is 0 Å². The molecule has 2 rings (SSSR count). The molecule has 0 bridgehead atoms. The Morgan fingerprint density at radius 2 is 1.87 bits per heavy atom. The molecule has 0 aromatic heterocycles. The first-order valence-electron chi connectivity index (χ1n) is 7.42. The van der Waals surface area contributed by atoms with Crippen molar-refractivity contribution in [1.29, 1.82) is 0 Å². The number of carboxylic acids is 1. The summed E-state index contributed by atoms with van der Waals surface area (Å²) < 4.78 is 0. The van der Waals surface area contributed by atoms with E-state index in [1.165, 1.54) is 0 Å². The highest BCUT2D eigenvalue weighted by Gasteiger charge is 2.39. The number of anilines is 1. The van der Waals surface area contributed by atoms with Gasteiger partial charge in [0.2, 0.25) is 11.7 Å². The van der Waals surface area contributed by atoms with E-state index in [0.29, 0.717) is 30.5 Å². The maximum absolute atomic E-state index is 12.2. The summed E-state index contributed by atoms with van der Waals surface area (Å²) in [6.45, 7) is 0.258. The van der Waals surface area contributed by atoms with Crippen LogP contribution < -0.4 is 15.7 Å². The zero-order valence-corrected chi connectivity index (χ0v) is 12.5. The summed E-state index contributed by atoms with van der Waals surface area (Å²) in [5.41, 5.74) is 1.05. The zero-order chi connectivity index (χ0) is 16.8. The van der Waals surface area contributed by atoms with Crippen molar-refractivity contribution in [3.63, 3.8) is 0 Å². The molecule has 1 aromatic carbocycles. The van der Waals surface area contributed by atoms with Gasteiger partial charge in [-0.3, -0.25) is 14.4 Å². The second kappa shape index (κ2) is 7.53. The number of carbonyl (C=O) groups excluding carboxylic acids is 4. The van der Waals surface area contributed by atoms with E-state index < -0.39 is 29.5 Å². The number of Topliss-reactive ketones (excluding diaryl/α,β-unsaturated/α-hetero) is 1. The molecule has 0 saturated carbocycles. The van der Waals surface area contributed by atoms with E-state index in [9.17, 15) is 24.3 Å². The number of rotatable bonds is 8. The fourth-order valence-corrected chi connectivity index (χ4v) is 2.46. The van der Waals surface area contributed by atoms with Gasteiger partial charge in [0.25, 0.3) is 5.91 Å². The van der Waals surface area contributed by atoms with Gasteiger partial charge < -0.3 is 20.5 Å². The van der Waals surface area contributed by atoms with Crippen molar-refractivity contribution in [1.82, 2.24) is 5.32 Å². The maximum Gasteiger partial charge on any atom is 0.288 e. The molecule has 0 radical (unpaired) electrons. The summed E-state index contributed by atoms with van der Waals surface area (Å²) in [6.07, 6.45) is 1.60. The summed E-state index contributed by atoms with van der Waals surface area (Å²) in [5, 5.41) is 15.3. The highest BCUT2D eigenvalue weighted by atomic mass is 16.4. The molecule has 1 aliphatic heterocycles. The fraction of sp³-hybridized carbons (Fsp3) is 0.375. The smallest absolute Gasteiger partial charge is 0.288 e. The molecule has 7 nitrogen and oxygen atoms in total. The van der Waals surface area contributed by atoms with Crippen molar-refractivity contribution in [2.45, 2.75) is 31.6 Å². The standard InChI is InChI=1S/C16H18N2O5/c19-12(20)8-2-1-5-9-17-16(23)14(21)13-10-6-3-4-7-11(10)18-15(13)22/h3-4,6-7,13H,1-2,5,8-9H2,(H,17,23)(H,18,22)(H,19,20)/p-1/t13-/m0/s1. The first-order chi connectivity index (χ1) is 11.0. The summed E-state index contributed by atoms with van der Waals surface area (Å²) in [7, 11) is 0. The van der Waals surface area contributed by atoms with Crippen LogP contribution in [0.4, 0.5) is 5.69 Å². The fourth-order valence-electron chi connectivity index (χ4n) is 2.46. The molecular weight excluding hydrogens is 300 g/mol. The van der Waals surface area contributed by atoms with E-state index in [1.807, 2.05) is 0 Å². The minimum atomic E-state index is -1.11. The predicted octanol–water partition coefficient (Wildman–Crippen LogP) is -0.282. The van der Waals surface area contributed by atoms with Gasteiger partial charge >= 0.3 is 0 Å². The van der Waals surface area contributed by atoms with Crippen molar-refractivity contribution in [2.24, 2.45) is 0 Å². The highest BCUT2D eigenvalue weighted by molar-refractivity contribution is 6.44. The summed E-state index contributed by atoms with van der Waals surface area (Å²) in [5.74, 6) is -4.30. The van der Waals surface area contributed by atoms with Crippen LogP contribution in [-0.2, 0) is 19.2 Å². The van der Waals surface area contributed by atoms with Crippen molar-refractivity contribution in [3.05, 3.63) is 29.8 Å². The lowest BCUT2D eigenvalue weighted by molar-refractivity contribution is -0.305. The van der Waals surface area contributed by atoms with Gasteiger partial charge in [-0.1, -0.05) is 24.6 Å². The Bertz CT molecular complexity index is 641. The van der Waals surface area contributed by atoms with Crippen molar-refractivity contribution >= 4 is 29.3 Å². The highest BCUT2D eigenvalue weighted by Crippen LogP contribution is 2.32. The average Bonchev–Trinajstić information content (AvgIpc) is 2.85. The zero-order valence-electron chi connectivity index (χ0n) is 12.5. The monoisotopic (exact) mass is 317 g/mol. The predicted molar refractivity (Wildman–Crippen MR) is 79.3 cm³/mol. The van der Waals surface area contributed by atoms with Crippen LogP contribution in [0.15, 0.2) is 24.3 Å². The van der Waals surface area contributed by atoms with E-state index in [1.54, 1.807) is 24.3 Å². The minimum absolute atomic E-state index is 0.0219. The number of nitrogens with one attached hydrogen (secondary N) is 2. The topological polar surface area (TPSA) is 115 Å². The second-order valence-electron chi connectivity index (χ2n) is 5.31. The lowest BCUT2D eigenvalue weighted by Crippen LogP contribution is -2.37. The van der Waals surface area contributed by atoms with Gasteiger partial charge in [0, 0.05) is 18.2 Å². The van der Waals surface area contributed by atoms with Crippen LogP contribution in [0.5, 0.6) is 0 Å². The first kappa shape index (κ1) is 16.7. The Hall–Kier alpha value is -2.70. The molecule has 23 heavy (non-hydrogen) atoms. The Balaban J connectivity index is 1.82. The van der Waals surface area contributed by atoms with Crippen LogP contribution in [0.1, 0.15) is 37.2 Å². The molecule has 2 amide bonds. The van der Waals surface area contributed by atoms with Crippen molar-refractivity contribution in [3.8, 4) is 0 Å². The number of hydrogen-bond acceptors (Lipinski definition) is 5. The number of para-hydroxylation sites is 1. The molecule has 1 aromatic rings. The SMILES string of the molecule is O=C([O-])CCCCCNC(=O)C(=O)[C@H]1C(=O)Nc2ccccc21. The number of fused-ring (bicyclic) bond motifs is 1. The largest absolute Gasteiger partial charge is 0.550 e. The molecular formula is C16H17N2O5-. The molecule has 0 unspecified atom stereocenters. The third-order valence-electron chi connectivity index (χ3n) is 3.62. The van der Waals surface area contributed by atoms with Crippen molar-refractivity contribution < 1.29 is 24.3 Å². The molecule has 1 heterocycles. The number of hydrogen-bond donors (Lipinski definition) is 2.